The normalized spacial score (nSPS) is 30.6. The Bertz CT molecular complexity index is 156. The first-order valence-corrected chi connectivity index (χ1v) is 5.89. The maximum absolute atomic E-state index is 9.92. The van der Waals surface area contributed by atoms with Crippen LogP contribution in [0, 0.1) is 11.8 Å². The van der Waals surface area contributed by atoms with Crippen LogP contribution in [-0.4, -0.2) is 23.9 Å². The molecule has 3 unspecified atom stereocenters. The van der Waals surface area contributed by atoms with Crippen LogP contribution in [0.1, 0.15) is 46.5 Å². The molecule has 1 saturated carbocycles. The van der Waals surface area contributed by atoms with E-state index in [1.54, 1.807) is 0 Å². The molecule has 0 heterocycles. The molecule has 1 aliphatic rings. The molecule has 0 aromatic rings. The average molecular weight is 200 g/mol. The van der Waals surface area contributed by atoms with E-state index >= 15 is 0 Å². The Labute approximate surface area is 87.7 Å². The van der Waals surface area contributed by atoms with Crippen molar-refractivity contribution in [2.24, 2.45) is 11.8 Å². The van der Waals surface area contributed by atoms with Crippen molar-refractivity contribution >= 4 is 0 Å². The smallest absolute Gasteiger partial charge is 0.0801 e. The first-order valence-electron chi connectivity index (χ1n) is 5.89. The Hall–Kier alpha value is -0.0800. The molecule has 2 heteroatoms. The van der Waals surface area contributed by atoms with Gasteiger partial charge in [0.15, 0.2) is 0 Å². The van der Waals surface area contributed by atoms with E-state index in [9.17, 15) is 5.11 Å². The van der Waals surface area contributed by atoms with Crippen LogP contribution >= 0.6 is 0 Å². The Morgan fingerprint density at radius 2 is 2.07 bits per heavy atom. The van der Waals surface area contributed by atoms with Crippen LogP contribution in [0.2, 0.25) is 0 Å². The largest absolute Gasteiger partial charge is 0.390 e. The molecule has 3 atom stereocenters. The van der Waals surface area contributed by atoms with E-state index in [2.05, 4.69) is 6.92 Å². The van der Waals surface area contributed by atoms with Crippen LogP contribution in [0.25, 0.3) is 0 Å². The van der Waals surface area contributed by atoms with Crippen LogP contribution in [0.4, 0.5) is 0 Å². The monoisotopic (exact) mass is 200 g/mol. The van der Waals surface area contributed by atoms with E-state index in [4.69, 9.17) is 4.74 Å². The molecule has 1 N–H and O–H groups in total. The van der Waals surface area contributed by atoms with Gasteiger partial charge in [0.2, 0.25) is 0 Å². The number of ether oxygens (including phenoxy) is 1. The molecule has 0 aliphatic heterocycles. The van der Waals surface area contributed by atoms with Gasteiger partial charge in [-0.3, -0.25) is 0 Å². The van der Waals surface area contributed by atoms with Crippen molar-refractivity contribution in [2.45, 2.75) is 58.7 Å². The highest BCUT2D eigenvalue weighted by Gasteiger charge is 2.25. The first-order chi connectivity index (χ1) is 6.59. The topological polar surface area (TPSA) is 29.5 Å². The molecule has 84 valence electrons. The molecule has 0 aromatic heterocycles. The van der Waals surface area contributed by atoms with E-state index in [1.165, 1.54) is 25.7 Å². The molecular formula is C12H24O2. The SMILES string of the molecule is CC1CCCC(C(O)COC(C)C)C1. The standard InChI is InChI=1S/C12H24O2/c1-9(2)14-8-12(13)11-6-4-5-10(3)7-11/h9-13H,4-8H2,1-3H3. The van der Waals surface area contributed by atoms with Crippen molar-refractivity contribution in [2.75, 3.05) is 6.61 Å². The molecule has 14 heavy (non-hydrogen) atoms. The van der Waals surface area contributed by atoms with Gasteiger partial charge >= 0.3 is 0 Å². The lowest BCUT2D eigenvalue weighted by molar-refractivity contribution is -0.0306. The van der Waals surface area contributed by atoms with Crippen molar-refractivity contribution in [1.29, 1.82) is 0 Å². The fourth-order valence-electron chi connectivity index (χ4n) is 2.26. The maximum Gasteiger partial charge on any atom is 0.0801 e. The zero-order valence-corrected chi connectivity index (χ0v) is 9.70. The molecule has 0 radical (unpaired) electrons. The second-order valence-electron chi connectivity index (χ2n) is 4.98. The third-order valence-electron chi connectivity index (χ3n) is 3.12. The van der Waals surface area contributed by atoms with E-state index < -0.39 is 0 Å². The lowest BCUT2D eigenvalue weighted by atomic mass is 9.80. The fourth-order valence-corrected chi connectivity index (χ4v) is 2.26. The molecule has 1 fully saturated rings. The van der Waals surface area contributed by atoms with E-state index in [0.717, 1.165) is 5.92 Å². The summed E-state index contributed by atoms with van der Waals surface area (Å²) < 4.78 is 5.44. The lowest BCUT2D eigenvalue weighted by Crippen LogP contribution is -2.30. The predicted octanol–water partition coefficient (Wildman–Crippen LogP) is 2.60. The van der Waals surface area contributed by atoms with Gasteiger partial charge in [-0.05, 0) is 38.5 Å². The fraction of sp³-hybridized carbons (Fsp3) is 1.00. The Morgan fingerprint density at radius 3 is 2.64 bits per heavy atom. The predicted molar refractivity (Wildman–Crippen MR) is 58.2 cm³/mol. The molecule has 1 aliphatic carbocycles. The Morgan fingerprint density at radius 1 is 1.36 bits per heavy atom. The van der Waals surface area contributed by atoms with Gasteiger partial charge in [0.05, 0.1) is 18.8 Å². The summed E-state index contributed by atoms with van der Waals surface area (Å²) >= 11 is 0. The minimum Gasteiger partial charge on any atom is -0.390 e. The van der Waals surface area contributed by atoms with Gasteiger partial charge in [0, 0.05) is 0 Å². The minimum absolute atomic E-state index is 0.227. The van der Waals surface area contributed by atoms with Gasteiger partial charge in [0.25, 0.3) is 0 Å². The molecule has 0 bridgehead atoms. The van der Waals surface area contributed by atoms with Crippen molar-refractivity contribution in [3.63, 3.8) is 0 Å². The molecule has 2 nitrogen and oxygen atoms in total. The van der Waals surface area contributed by atoms with Crippen molar-refractivity contribution < 1.29 is 9.84 Å². The minimum atomic E-state index is -0.250. The van der Waals surface area contributed by atoms with Crippen LogP contribution in [0.5, 0.6) is 0 Å². The van der Waals surface area contributed by atoms with Gasteiger partial charge in [-0.15, -0.1) is 0 Å². The Kier molecular flexibility index (Phi) is 4.90. The van der Waals surface area contributed by atoms with Crippen LogP contribution in [0.15, 0.2) is 0 Å². The second kappa shape index (κ2) is 5.72. The summed E-state index contributed by atoms with van der Waals surface area (Å²) in [6.07, 6.45) is 4.92. The van der Waals surface area contributed by atoms with Gasteiger partial charge < -0.3 is 9.84 Å². The summed E-state index contributed by atoms with van der Waals surface area (Å²) in [7, 11) is 0. The number of hydrogen-bond donors (Lipinski definition) is 1. The lowest BCUT2D eigenvalue weighted by Gasteiger charge is -2.30. The molecule has 0 aromatic carbocycles. The summed E-state index contributed by atoms with van der Waals surface area (Å²) in [6.45, 7) is 6.81. The summed E-state index contributed by atoms with van der Waals surface area (Å²) in [4.78, 5) is 0. The van der Waals surface area contributed by atoms with Crippen LogP contribution < -0.4 is 0 Å². The van der Waals surface area contributed by atoms with Crippen molar-refractivity contribution in [1.82, 2.24) is 0 Å². The number of rotatable bonds is 4. The number of aliphatic hydroxyl groups excluding tert-OH is 1. The zero-order valence-electron chi connectivity index (χ0n) is 9.70. The number of aliphatic hydroxyl groups is 1. The van der Waals surface area contributed by atoms with Gasteiger partial charge in [-0.25, -0.2) is 0 Å². The van der Waals surface area contributed by atoms with E-state index in [0.29, 0.717) is 12.5 Å². The molecule has 0 saturated heterocycles. The van der Waals surface area contributed by atoms with Crippen molar-refractivity contribution in [3.8, 4) is 0 Å². The van der Waals surface area contributed by atoms with Crippen molar-refractivity contribution in [3.05, 3.63) is 0 Å². The quantitative estimate of drug-likeness (QED) is 0.756. The highest BCUT2D eigenvalue weighted by atomic mass is 16.5. The molecule has 0 spiro atoms. The summed E-state index contributed by atoms with van der Waals surface area (Å²) in [5.41, 5.74) is 0. The van der Waals surface area contributed by atoms with Gasteiger partial charge in [-0.1, -0.05) is 19.8 Å². The maximum atomic E-state index is 9.92. The first kappa shape index (κ1) is 12.0. The third kappa shape index (κ3) is 3.97. The summed E-state index contributed by atoms with van der Waals surface area (Å²) in [6, 6.07) is 0. The molecule has 0 amide bonds. The second-order valence-corrected chi connectivity index (χ2v) is 4.98. The zero-order chi connectivity index (χ0) is 10.6. The molecule has 1 rings (SSSR count). The highest BCUT2D eigenvalue weighted by Crippen LogP contribution is 2.30. The average Bonchev–Trinajstić information content (AvgIpc) is 2.14. The van der Waals surface area contributed by atoms with Crippen LogP contribution in [0.3, 0.4) is 0 Å². The van der Waals surface area contributed by atoms with Gasteiger partial charge in [-0.2, -0.15) is 0 Å². The highest BCUT2D eigenvalue weighted by molar-refractivity contribution is 4.76. The van der Waals surface area contributed by atoms with Crippen LogP contribution in [-0.2, 0) is 4.74 Å². The third-order valence-corrected chi connectivity index (χ3v) is 3.12. The molecular weight excluding hydrogens is 176 g/mol. The summed E-state index contributed by atoms with van der Waals surface area (Å²) in [5.74, 6) is 1.25. The summed E-state index contributed by atoms with van der Waals surface area (Å²) in [5, 5.41) is 9.92. The van der Waals surface area contributed by atoms with E-state index in [1.807, 2.05) is 13.8 Å². The Balaban J connectivity index is 2.25. The van der Waals surface area contributed by atoms with Gasteiger partial charge in [0.1, 0.15) is 0 Å². The van der Waals surface area contributed by atoms with E-state index in [-0.39, 0.29) is 12.2 Å². The number of hydrogen-bond acceptors (Lipinski definition) is 2.